The largest absolute Gasteiger partial charge is 0.392 e. The first-order valence-electron chi connectivity index (χ1n) is 11.0. The van der Waals surface area contributed by atoms with Gasteiger partial charge in [-0.15, -0.1) is 0 Å². The lowest BCUT2D eigenvalue weighted by molar-refractivity contribution is -0.190. The van der Waals surface area contributed by atoms with Crippen molar-refractivity contribution in [2.45, 2.75) is 70.1 Å². The van der Waals surface area contributed by atoms with Crippen LogP contribution in [-0.2, 0) is 16.1 Å². The zero-order valence-corrected chi connectivity index (χ0v) is 17.5. The monoisotopic (exact) mass is 450 g/mol. The summed E-state index contributed by atoms with van der Waals surface area (Å²) in [5.41, 5.74) is 0.976. The number of hydrogen-bond acceptors (Lipinski definition) is 4. The van der Waals surface area contributed by atoms with Gasteiger partial charge in [0.15, 0.2) is 5.78 Å². The second kappa shape index (κ2) is 8.67. The van der Waals surface area contributed by atoms with Crippen LogP contribution in [0, 0.1) is 11.8 Å². The van der Waals surface area contributed by atoms with E-state index in [9.17, 15) is 32.3 Å². The van der Waals surface area contributed by atoms with E-state index in [1.807, 2.05) is 0 Å². The number of halogens is 3. The number of hydrogen-bond donors (Lipinski definition) is 1. The maximum atomic E-state index is 13.7. The Balaban J connectivity index is 1.50. The van der Waals surface area contributed by atoms with Gasteiger partial charge in [0.2, 0.25) is 11.8 Å². The number of piperidine rings is 1. The molecule has 2 atom stereocenters. The van der Waals surface area contributed by atoms with Crippen molar-refractivity contribution in [2.75, 3.05) is 0 Å². The number of fused-ring (bicyclic) bond motifs is 1. The van der Waals surface area contributed by atoms with Crippen LogP contribution in [0.15, 0.2) is 18.2 Å². The molecule has 2 fully saturated rings. The first kappa shape index (κ1) is 22.5. The molecule has 0 spiro atoms. The van der Waals surface area contributed by atoms with E-state index in [0.29, 0.717) is 24.0 Å². The summed E-state index contributed by atoms with van der Waals surface area (Å²) in [5, 5.41) is 2.22. The molecule has 1 aromatic carbocycles. The smallest absolute Gasteiger partial charge is 0.322 e. The molecule has 3 amide bonds. The van der Waals surface area contributed by atoms with Crippen molar-refractivity contribution in [2.24, 2.45) is 11.8 Å². The van der Waals surface area contributed by atoms with Crippen molar-refractivity contribution < 1.29 is 32.3 Å². The fraction of sp³-hybridized carbons (Fsp3) is 0.565. The molecule has 172 valence electrons. The fourth-order valence-corrected chi connectivity index (χ4v) is 5.15. The molecule has 2 heterocycles. The topological polar surface area (TPSA) is 83.6 Å². The molecule has 1 aliphatic carbocycles. The highest BCUT2D eigenvalue weighted by Gasteiger charge is 2.46. The van der Waals surface area contributed by atoms with Crippen molar-refractivity contribution in [3.63, 3.8) is 0 Å². The Labute approximate surface area is 183 Å². The fourth-order valence-electron chi connectivity index (χ4n) is 5.15. The van der Waals surface area contributed by atoms with E-state index in [1.54, 1.807) is 0 Å². The molecule has 0 radical (unpaired) electrons. The molecule has 32 heavy (non-hydrogen) atoms. The normalized spacial score (nSPS) is 23.2. The highest BCUT2D eigenvalue weighted by Crippen LogP contribution is 2.42. The van der Waals surface area contributed by atoms with E-state index in [-0.39, 0.29) is 36.8 Å². The number of ketones is 1. The van der Waals surface area contributed by atoms with Gasteiger partial charge >= 0.3 is 6.18 Å². The van der Waals surface area contributed by atoms with Gasteiger partial charge in [-0.05, 0) is 42.9 Å². The Hall–Kier alpha value is -2.71. The number of benzene rings is 1. The quantitative estimate of drug-likeness (QED) is 0.547. The van der Waals surface area contributed by atoms with Crippen LogP contribution >= 0.6 is 0 Å². The SMILES string of the molecule is O=C1CCC(N2Cc3cc(C(=O)C[C@H](C4CCCCC4)C(F)(F)F)ccc3C2=O)C(=O)N1. The van der Waals surface area contributed by atoms with E-state index in [2.05, 4.69) is 5.32 Å². The first-order valence-corrected chi connectivity index (χ1v) is 11.0. The number of alkyl halides is 3. The van der Waals surface area contributed by atoms with Gasteiger partial charge in [-0.1, -0.05) is 25.3 Å². The van der Waals surface area contributed by atoms with Gasteiger partial charge in [0, 0.05) is 30.5 Å². The number of nitrogens with zero attached hydrogens (tertiary/aromatic N) is 1. The van der Waals surface area contributed by atoms with Crippen LogP contribution in [0.3, 0.4) is 0 Å². The lowest BCUT2D eigenvalue weighted by Gasteiger charge is -2.31. The second-order valence-electron chi connectivity index (χ2n) is 8.95. The Bertz CT molecular complexity index is 953. The predicted octanol–water partition coefficient (Wildman–Crippen LogP) is 3.78. The van der Waals surface area contributed by atoms with E-state index < -0.39 is 42.2 Å². The van der Waals surface area contributed by atoms with Crippen LogP contribution in [0.4, 0.5) is 13.2 Å². The molecular weight excluding hydrogens is 425 g/mol. The summed E-state index contributed by atoms with van der Waals surface area (Å²) in [7, 11) is 0. The Morgan fingerprint density at radius 1 is 1.09 bits per heavy atom. The van der Waals surface area contributed by atoms with Gasteiger partial charge in [-0.2, -0.15) is 13.2 Å². The van der Waals surface area contributed by atoms with E-state index in [1.165, 1.54) is 23.1 Å². The van der Waals surface area contributed by atoms with E-state index in [4.69, 9.17) is 0 Å². The van der Waals surface area contributed by atoms with Crippen LogP contribution in [0.25, 0.3) is 0 Å². The maximum Gasteiger partial charge on any atom is 0.392 e. The molecule has 0 aromatic heterocycles. The van der Waals surface area contributed by atoms with Gasteiger partial charge in [0.1, 0.15) is 6.04 Å². The van der Waals surface area contributed by atoms with E-state index in [0.717, 1.165) is 19.3 Å². The first-order chi connectivity index (χ1) is 15.1. The Morgan fingerprint density at radius 2 is 1.81 bits per heavy atom. The minimum atomic E-state index is -4.44. The minimum absolute atomic E-state index is 0.0763. The third kappa shape index (κ3) is 4.42. The molecule has 4 rings (SSSR count). The zero-order chi connectivity index (χ0) is 23.0. The van der Waals surface area contributed by atoms with Gasteiger partial charge < -0.3 is 4.90 Å². The number of Topliss-reactive ketones (excluding diaryl/α,β-unsaturated/α-hetero) is 1. The number of rotatable bonds is 5. The van der Waals surface area contributed by atoms with Crippen LogP contribution in [-0.4, -0.2) is 40.6 Å². The number of imide groups is 1. The zero-order valence-electron chi connectivity index (χ0n) is 17.5. The standard InChI is InChI=1S/C23H25F3N2O4/c24-23(25,26)17(13-4-2-1-3-5-13)11-19(29)14-6-7-16-15(10-14)12-28(22(16)32)18-8-9-20(30)27-21(18)31/h6-7,10,13,17-18H,1-5,8-9,11-12H2,(H,27,30,31)/t17-,18?/m1/s1. The molecule has 1 saturated heterocycles. The minimum Gasteiger partial charge on any atom is -0.322 e. The Kier molecular flexibility index (Phi) is 6.09. The Morgan fingerprint density at radius 3 is 2.47 bits per heavy atom. The van der Waals surface area contributed by atoms with Crippen LogP contribution in [0.2, 0.25) is 0 Å². The molecule has 1 aromatic rings. The molecule has 1 saturated carbocycles. The van der Waals surface area contributed by atoms with Crippen molar-refractivity contribution in [3.8, 4) is 0 Å². The second-order valence-corrected chi connectivity index (χ2v) is 8.95. The predicted molar refractivity (Wildman–Crippen MR) is 108 cm³/mol. The van der Waals surface area contributed by atoms with Gasteiger partial charge in [0.25, 0.3) is 5.91 Å². The van der Waals surface area contributed by atoms with Gasteiger partial charge in [-0.3, -0.25) is 24.5 Å². The number of carbonyl (C=O) groups is 4. The van der Waals surface area contributed by atoms with Crippen LogP contribution < -0.4 is 5.32 Å². The summed E-state index contributed by atoms with van der Waals surface area (Å²) >= 11 is 0. The van der Waals surface area contributed by atoms with Crippen molar-refractivity contribution >= 4 is 23.5 Å². The molecule has 1 N–H and O–H groups in total. The number of carbonyl (C=O) groups excluding carboxylic acids is 4. The van der Waals surface area contributed by atoms with Crippen LogP contribution in [0.5, 0.6) is 0 Å². The number of nitrogens with one attached hydrogen (secondary N) is 1. The number of amides is 3. The molecule has 2 aliphatic heterocycles. The highest BCUT2D eigenvalue weighted by atomic mass is 19.4. The van der Waals surface area contributed by atoms with Gasteiger partial charge in [0.05, 0.1) is 5.92 Å². The summed E-state index contributed by atoms with van der Waals surface area (Å²) in [6.07, 6.45) is -1.30. The molecule has 1 unspecified atom stereocenters. The third-order valence-electron chi connectivity index (χ3n) is 6.89. The van der Waals surface area contributed by atoms with Crippen molar-refractivity contribution in [1.29, 1.82) is 0 Å². The van der Waals surface area contributed by atoms with Crippen molar-refractivity contribution in [3.05, 3.63) is 34.9 Å². The molecule has 6 nitrogen and oxygen atoms in total. The lowest BCUT2D eigenvalue weighted by atomic mass is 9.77. The summed E-state index contributed by atoms with van der Waals surface area (Å²) in [6, 6.07) is 3.52. The summed E-state index contributed by atoms with van der Waals surface area (Å²) in [5.74, 6) is -4.10. The van der Waals surface area contributed by atoms with Gasteiger partial charge in [-0.25, -0.2) is 0 Å². The average Bonchev–Trinajstić information content (AvgIpc) is 3.07. The molecular formula is C23H25F3N2O4. The summed E-state index contributed by atoms with van der Waals surface area (Å²) in [4.78, 5) is 50.4. The lowest BCUT2D eigenvalue weighted by Crippen LogP contribution is -2.52. The highest BCUT2D eigenvalue weighted by molar-refractivity contribution is 6.06. The summed E-state index contributed by atoms with van der Waals surface area (Å²) < 4.78 is 41.1. The third-order valence-corrected chi connectivity index (χ3v) is 6.89. The van der Waals surface area contributed by atoms with Crippen LogP contribution in [0.1, 0.15) is 77.6 Å². The molecule has 0 bridgehead atoms. The van der Waals surface area contributed by atoms with E-state index >= 15 is 0 Å². The van der Waals surface area contributed by atoms with Crippen molar-refractivity contribution in [1.82, 2.24) is 10.2 Å². The maximum absolute atomic E-state index is 13.7. The molecule has 9 heteroatoms. The average molecular weight is 450 g/mol. The summed E-state index contributed by atoms with van der Waals surface area (Å²) in [6.45, 7) is 0.0763. The molecule has 3 aliphatic rings.